The van der Waals surface area contributed by atoms with E-state index in [4.69, 9.17) is 0 Å². The van der Waals surface area contributed by atoms with E-state index in [-0.39, 0.29) is 0 Å². The maximum absolute atomic E-state index is 12.6. The molecule has 1 N–H and O–H groups in total. The molecule has 1 heterocycles. The lowest BCUT2D eigenvalue weighted by molar-refractivity contribution is 0.222. The van der Waals surface area contributed by atoms with E-state index in [0.717, 1.165) is 25.2 Å². The smallest absolute Gasteiger partial charge is 0.243 e. The Bertz CT molecular complexity index is 573. The lowest BCUT2D eigenvalue weighted by atomic mass is 10.2. The Hall–Kier alpha value is -0.950. The number of hydrogen-bond donors (Lipinski definition) is 1. The highest BCUT2D eigenvalue weighted by Gasteiger charge is 2.27. The van der Waals surface area contributed by atoms with Crippen LogP contribution >= 0.6 is 0 Å². The van der Waals surface area contributed by atoms with E-state index >= 15 is 0 Å². The Kier molecular flexibility index (Phi) is 4.31. The van der Waals surface area contributed by atoms with Crippen molar-refractivity contribution >= 4 is 10.0 Å². The largest absolute Gasteiger partial charge is 0.310 e. The third kappa shape index (κ3) is 3.63. The molecule has 1 aromatic rings. The van der Waals surface area contributed by atoms with Gasteiger partial charge in [-0.25, -0.2) is 8.42 Å². The van der Waals surface area contributed by atoms with Gasteiger partial charge in [-0.1, -0.05) is 12.1 Å². The van der Waals surface area contributed by atoms with Crippen LogP contribution in [0.1, 0.15) is 18.4 Å². The maximum Gasteiger partial charge on any atom is 0.243 e. The van der Waals surface area contributed by atoms with Gasteiger partial charge in [0.25, 0.3) is 0 Å². The molecule has 0 bridgehead atoms. The fourth-order valence-corrected chi connectivity index (χ4v) is 3.93. The molecule has 0 spiro atoms. The third-order valence-electron chi connectivity index (χ3n) is 4.20. The lowest BCUT2D eigenvalue weighted by Gasteiger charge is -2.31. The van der Waals surface area contributed by atoms with Crippen LogP contribution in [0.15, 0.2) is 29.2 Å². The first-order valence-electron chi connectivity index (χ1n) is 7.57. The minimum atomic E-state index is -3.33. The van der Waals surface area contributed by atoms with Crippen LogP contribution in [0.5, 0.6) is 0 Å². The van der Waals surface area contributed by atoms with Crippen LogP contribution in [0.3, 0.4) is 0 Å². The minimum Gasteiger partial charge on any atom is -0.310 e. The summed E-state index contributed by atoms with van der Waals surface area (Å²) in [5.74, 6) is 0. The zero-order chi connectivity index (χ0) is 14.9. The summed E-state index contributed by atoms with van der Waals surface area (Å²) in [7, 11) is -1.32. The number of nitrogens with zero attached hydrogens (tertiary/aromatic N) is 2. The van der Waals surface area contributed by atoms with Gasteiger partial charge >= 0.3 is 0 Å². The molecule has 0 amide bonds. The molecule has 1 aliphatic heterocycles. The van der Waals surface area contributed by atoms with Gasteiger partial charge in [-0.3, -0.25) is 0 Å². The van der Waals surface area contributed by atoms with Crippen molar-refractivity contribution in [2.75, 3.05) is 33.2 Å². The average molecular weight is 309 g/mol. The van der Waals surface area contributed by atoms with Gasteiger partial charge in [0, 0.05) is 38.8 Å². The molecule has 6 heteroatoms. The molecule has 1 aromatic carbocycles. The monoisotopic (exact) mass is 309 g/mol. The van der Waals surface area contributed by atoms with Crippen LogP contribution in [0, 0.1) is 0 Å². The summed E-state index contributed by atoms with van der Waals surface area (Å²) in [6.07, 6.45) is 2.52. The van der Waals surface area contributed by atoms with Crippen molar-refractivity contribution in [3.63, 3.8) is 0 Å². The van der Waals surface area contributed by atoms with Gasteiger partial charge in [0.1, 0.15) is 0 Å². The number of hydrogen-bond acceptors (Lipinski definition) is 4. The molecule has 1 saturated heterocycles. The number of sulfonamides is 1. The first-order chi connectivity index (χ1) is 10.1. The van der Waals surface area contributed by atoms with Crippen LogP contribution in [-0.2, 0) is 16.6 Å². The highest BCUT2D eigenvalue weighted by atomic mass is 32.2. The molecule has 0 atom stereocenters. The van der Waals surface area contributed by atoms with Crippen molar-refractivity contribution in [3.8, 4) is 0 Å². The number of rotatable bonds is 5. The molecule has 1 saturated carbocycles. The molecule has 1 aliphatic carbocycles. The zero-order valence-corrected chi connectivity index (χ0v) is 13.3. The van der Waals surface area contributed by atoms with Crippen LogP contribution in [-0.4, -0.2) is 56.9 Å². The van der Waals surface area contributed by atoms with Gasteiger partial charge in [0.15, 0.2) is 0 Å². The summed E-state index contributed by atoms with van der Waals surface area (Å²) in [6.45, 7) is 3.55. The molecular weight excluding hydrogens is 286 g/mol. The summed E-state index contributed by atoms with van der Waals surface area (Å²) in [6, 6.07) is 7.96. The van der Waals surface area contributed by atoms with E-state index in [1.165, 1.54) is 12.8 Å². The predicted molar refractivity (Wildman–Crippen MR) is 82.6 cm³/mol. The van der Waals surface area contributed by atoms with E-state index in [9.17, 15) is 8.42 Å². The number of benzene rings is 1. The normalized spacial score (nSPS) is 21.6. The van der Waals surface area contributed by atoms with Crippen molar-refractivity contribution in [1.29, 1.82) is 0 Å². The molecule has 21 heavy (non-hydrogen) atoms. The maximum atomic E-state index is 12.6. The summed E-state index contributed by atoms with van der Waals surface area (Å²) >= 11 is 0. The Morgan fingerprint density at radius 1 is 1.10 bits per heavy atom. The van der Waals surface area contributed by atoms with Gasteiger partial charge < -0.3 is 10.2 Å². The number of likely N-dealkylation sites (N-methyl/N-ethyl adjacent to an activating group) is 1. The van der Waals surface area contributed by atoms with Gasteiger partial charge in [-0.2, -0.15) is 4.31 Å². The van der Waals surface area contributed by atoms with Gasteiger partial charge in [-0.05, 0) is 37.6 Å². The summed E-state index contributed by atoms with van der Waals surface area (Å²) in [5.41, 5.74) is 1.14. The topological polar surface area (TPSA) is 52.7 Å². The molecule has 0 radical (unpaired) electrons. The average Bonchev–Trinajstić information content (AvgIpc) is 3.30. The Morgan fingerprint density at radius 2 is 1.71 bits per heavy atom. The Balaban J connectivity index is 1.66. The highest BCUT2D eigenvalue weighted by molar-refractivity contribution is 7.89. The van der Waals surface area contributed by atoms with E-state index in [1.807, 2.05) is 19.2 Å². The summed E-state index contributed by atoms with van der Waals surface area (Å²) in [4.78, 5) is 2.56. The predicted octanol–water partition coefficient (Wildman–Crippen LogP) is 0.875. The van der Waals surface area contributed by atoms with Crippen molar-refractivity contribution in [3.05, 3.63) is 29.8 Å². The third-order valence-corrected chi connectivity index (χ3v) is 6.11. The van der Waals surface area contributed by atoms with E-state index in [1.54, 1.807) is 16.4 Å². The van der Waals surface area contributed by atoms with Crippen molar-refractivity contribution < 1.29 is 8.42 Å². The quantitative estimate of drug-likeness (QED) is 0.877. The molecule has 0 unspecified atom stereocenters. The summed E-state index contributed by atoms with van der Waals surface area (Å²) < 4.78 is 26.7. The molecule has 5 nitrogen and oxygen atoms in total. The Labute approximate surface area is 127 Å². The molecule has 2 aliphatic rings. The van der Waals surface area contributed by atoms with Crippen molar-refractivity contribution in [2.24, 2.45) is 0 Å². The van der Waals surface area contributed by atoms with E-state index in [0.29, 0.717) is 24.0 Å². The minimum absolute atomic E-state index is 0.405. The van der Waals surface area contributed by atoms with Gasteiger partial charge in [0.2, 0.25) is 10.0 Å². The number of nitrogens with one attached hydrogen (secondary N) is 1. The standard InChI is InChI=1S/C15H23N3O2S/c1-17-8-10-18(11-9-17)21(19,20)15-6-2-13(3-7-15)12-16-14-4-5-14/h2-3,6-7,14,16H,4-5,8-12H2,1H3. The molecule has 116 valence electrons. The molecule has 2 fully saturated rings. The van der Waals surface area contributed by atoms with Gasteiger partial charge in [-0.15, -0.1) is 0 Å². The fraction of sp³-hybridized carbons (Fsp3) is 0.600. The molecule has 0 aromatic heterocycles. The highest BCUT2D eigenvalue weighted by Crippen LogP contribution is 2.21. The van der Waals surface area contributed by atoms with Crippen LogP contribution in [0.25, 0.3) is 0 Å². The van der Waals surface area contributed by atoms with E-state index in [2.05, 4.69) is 10.2 Å². The zero-order valence-electron chi connectivity index (χ0n) is 12.5. The van der Waals surface area contributed by atoms with Crippen molar-refractivity contribution in [1.82, 2.24) is 14.5 Å². The second-order valence-corrected chi connectivity index (χ2v) is 7.94. The Morgan fingerprint density at radius 3 is 2.29 bits per heavy atom. The molecular formula is C15H23N3O2S. The SMILES string of the molecule is CN1CCN(S(=O)(=O)c2ccc(CNC3CC3)cc2)CC1. The fourth-order valence-electron chi connectivity index (χ4n) is 2.51. The van der Waals surface area contributed by atoms with Crippen LogP contribution < -0.4 is 5.32 Å². The van der Waals surface area contributed by atoms with E-state index < -0.39 is 10.0 Å². The number of piperazine rings is 1. The van der Waals surface area contributed by atoms with Crippen LogP contribution in [0.4, 0.5) is 0 Å². The first-order valence-corrected chi connectivity index (χ1v) is 9.01. The second-order valence-electron chi connectivity index (χ2n) is 6.01. The molecule has 3 rings (SSSR count). The summed E-state index contributed by atoms with van der Waals surface area (Å²) in [5, 5.41) is 3.43. The second kappa shape index (κ2) is 6.04. The van der Waals surface area contributed by atoms with Gasteiger partial charge in [0.05, 0.1) is 4.90 Å². The van der Waals surface area contributed by atoms with Crippen LogP contribution in [0.2, 0.25) is 0 Å². The lowest BCUT2D eigenvalue weighted by Crippen LogP contribution is -2.46. The van der Waals surface area contributed by atoms with Crippen molar-refractivity contribution in [2.45, 2.75) is 30.3 Å². The first kappa shape index (κ1) is 15.0.